The van der Waals surface area contributed by atoms with Crippen LogP contribution in [0.2, 0.25) is 0 Å². The lowest BCUT2D eigenvalue weighted by Crippen LogP contribution is -2.15. The molecule has 0 radical (unpaired) electrons. The Morgan fingerprint density at radius 3 is 2.67 bits per heavy atom. The Balaban J connectivity index is 1.50. The lowest BCUT2D eigenvalue weighted by molar-refractivity contribution is 0.0804. The van der Waals surface area contributed by atoms with Crippen molar-refractivity contribution >= 4 is 11.9 Å². The molecule has 2 heterocycles. The monoisotopic (exact) mass is 300 g/mol. The number of aromatic nitrogens is 1. The van der Waals surface area contributed by atoms with Crippen molar-refractivity contribution in [2.24, 2.45) is 0 Å². The van der Waals surface area contributed by atoms with Gasteiger partial charge >= 0.3 is 0 Å². The Kier molecular flexibility index (Phi) is 5.27. The molecular formula is C17H20N2OS. The van der Waals surface area contributed by atoms with E-state index in [0.717, 1.165) is 19.8 Å². The molecule has 1 aromatic heterocycles. The largest absolute Gasteiger partial charge is 0.381 e. The Bertz CT molecular complexity index is 538. The summed E-state index contributed by atoms with van der Waals surface area (Å²) < 4.78 is 8.94. The number of hydrogen-bond donors (Lipinski definition) is 1. The first kappa shape index (κ1) is 14.6. The molecule has 0 aliphatic carbocycles. The number of pyridine rings is 1. The fourth-order valence-electron chi connectivity index (χ4n) is 2.52. The summed E-state index contributed by atoms with van der Waals surface area (Å²) >= 11 is 1.67. The highest BCUT2D eigenvalue weighted by atomic mass is 32.2. The van der Waals surface area contributed by atoms with Crippen molar-refractivity contribution in [3.05, 3.63) is 59.9 Å². The number of rotatable bonds is 5. The minimum atomic E-state index is 0.572. The predicted molar refractivity (Wildman–Crippen MR) is 86.2 cm³/mol. The number of hydrogen-bond acceptors (Lipinski definition) is 4. The standard InChI is InChI=1S/C17H20N2OS/c1-2-16(13-20-11-1)15-3-5-17(6-4-15)21-19-12-14-7-9-18-10-8-14/h3-10,16,19H,1-2,11-13H2. The van der Waals surface area contributed by atoms with Crippen molar-refractivity contribution in [3.8, 4) is 0 Å². The molecule has 3 rings (SSSR count). The van der Waals surface area contributed by atoms with Gasteiger partial charge in [0.05, 0.1) is 6.61 Å². The number of nitrogens with zero attached hydrogens (tertiary/aromatic N) is 1. The van der Waals surface area contributed by atoms with E-state index in [1.807, 2.05) is 24.5 Å². The average Bonchev–Trinajstić information content (AvgIpc) is 2.57. The maximum Gasteiger partial charge on any atom is 0.0534 e. The fraction of sp³-hybridized carbons (Fsp3) is 0.353. The van der Waals surface area contributed by atoms with Crippen LogP contribution < -0.4 is 4.72 Å². The van der Waals surface area contributed by atoms with Gasteiger partial charge in [-0.05, 0) is 60.2 Å². The molecule has 1 aliphatic heterocycles. The number of ether oxygens (including phenoxy) is 1. The summed E-state index contributed by atoms with van der Waals surface area (Å²) in [5, 5.41) is 0. The smallest absolute Gasteiger partial charge is 0.0534 e. The highest BCUT2D eigenvalue weighted by molar-refractivity contribution is 7.97. The van der Waals surface area contributed by atoms with E-state index < -0.39 is 0 Å². The first-order chi connectivity index (χ1) is 10.4. The molecule has 110 valence electrons. The van der Waals surface area contributed by atoms with Gasteiger partial charge in [-0.3, -0.25) is 9.71 Å². The normalized spacial score (nSPS) is 18.6. The SMILES string of the molecule is c1cc(CNSc2ccc(C3CCCOC3)cc2)ccn1. The molecule has 0 saturated carbocycles. The van der Waals surface area contributed by atoms with Crippen molar-refractivity contribution in [2.75, 3.05) is 13.2 Å². The predicted octanol–water partition coefficient (Wildman–Crippen LogP) is 3.77. The van der Waals surface area contributed by atoms with E-state index in [0.29, 0.717) is 5.92 Å². The molecule has 1 aromatic carbocycles. The van der Waals surface area contributed by atoms with E-state index in [1.165, 1.54) is 28.9 Å². The minimum Gasteiger partial charge on any atom is -0.381 e. The highest BCUT2D eigenvalue weighted by Crippen LogP contribution is 2.27. The molecule has 3 nitrogen and oxygen atoms in total. The van der Waals surface area contributed by atoms with Crippen molar-refractivity contribution in [3.63, 3.8) is 0 Å². The second kappa shape index (κ2) is 7.59. The molecule has 2 aromatic rings. The number of nitrogens with one attached hydrogen (secondary N) is 1. The van der Waals surface area contributed by atoms with Gasteiger partial charge in [-0.1, -0.05) is 12.1 Å². The first-order valence-corrected chi connectivity index (χ1v) is 8.20. The van der Waals surface area contributed by atoms with Crippen molar-refractivity contribution in [2.45, 2.75) is 30.2 Å². The summed E-state index contributed by atoms with van der Waals surface area (Å²) in [6, 6.07) is 12.9. The van der Waals surface area contributed by atoms with Gasteiger partial charge < -0.3 is 4.74 Å². The zero-order valence-electron chi connectivity index (χ0n) is 12.0. The summed E-state index contributed by atoms with van der Waals surface area (Å²) in [6.07, 6.45) is 6.06. The van der Waals surface area contributed by atoms with Gasteiger partial charge in [0.25, 0.3) is 0 Å². The fourth-order valence-corrected chi connectivity index (χ4v) is 3.19. The van der Waals surface area contributed by atoms with Crippen LogP contribution in [-0.2, 0) is 11.3 Å². The third-order valence-electron chi connectivity index (χ3n) is 3.73. The number of benzene rings is 1. The molecule has 1 aliphatic rings. The lowest BCUT2D eigenvalue weighted by atomic mass is 9.94. The van der Waals surface area contributed by atoms with E-state index >= 15 is 0 Å². The molecule has 1 fully saturated rings. The van der Waals surface area contributed by atoms with Gasteiger partial charge in [0.2, 0.25) is 0 Å². The first-order valence-electron chi connectivity index (χ1n) is 7.38. The van der Waals surface area contributed by atoms with Gasteiger partial charge in [-0.25, -0.2) is 0 Å². The minimum absolute atomic E-state index is 0.572. The highest BCUT2D eigenvalue weighted by Gasteiger charge is 2.15. The zero-order valence-corrected chi connectivity index (χ0v) is 12.8. The third kappa shape index (κ3) is 4.30. The van der Waals surface area contributed by atoms with E-state index in [-0.39, 0.29) is 0 Å². The molecule has 21 heavy (non-hydrogen) atoms. The van der Waals surface area contributed by atoms with Gasteiger partial charge in [0.1, 0.15) is 0 Å². The van der Waals surface area contributed by atoms with E-state index in [2.05, 4.69) is 34.0 Å². The molecule has 1 N–H and O–H groups in total. The van der Waals surface area contributed by atoms with Crippen LogP contribution in [0.3, 0.4) is 0 Å². The van der Waals surface area contributed by atoms with Crippen molar-refractivity contribution < 1.29 is 4.74 Å². The molecule has 4 heteroatoms. The van der Waals surface area contributed by atoms with Gasteiger partial charge in [-0.15, -0.1) is 0 Å². The maximum atomic E-state index is 5.56. The zero-order chi connectivity index (χ0) is 14.3. The average molecular weight is 300 g/mol. The van der Waals surface area contributed by atoms with Crippen LogP contribution in [0.5, 0.6) is 0 Å². The van der Waals surface area contributed by atoms with Crippen molar-refractivity contribution in [1.29, 1.82) is 0 Å². The maximum absolute atomic E-state index is 5.56. The van der Waals surface area contributed by atoms with Crippen LogP contribution in [0, 0.1) is 0 Å². The second-order valence-electron chi connectivity index (χ2n) is 5.26. The van der Waals surface area contributed by atoms with Crippen LogP contribution in [0.1, 0.15) is 29.9 Å². The third-order valence-corrected chi connectivity index (χ3v) is 4.52. The van der Waals surface area contributed by atoms with Gasteiger partial charge in [0.15, 0.2) is 0 Å². The lowest BCUT2D eigenvalue weighted by Gasteiger charge is -2.22. The van der Waals surface area contributed by atoms with Crippen molar-refractivity contribution in [1.82, 2.24) is 9.71 Å². The molecule has 0 bridgehead atoms. The van der Waals surface area contributed by atoms with Crippen LogP contribution >= 0.6 is 11.9 Å². The molecule has 0 amide bonds. The van der Waals surface area contributed by atoms with E-state index in [1.54, 1.807) is 11.9 Å². The van der Waals surface area contributed by atoms with Gasteiger partial charge in [-0.2, -0.15) is 0 Å². The Morgan fingerprint density at radius 2 is 1.95 bits per heavy atom. The van der Waals surface area contributed by atoms with E-state index in [9.17, 15) is 0 Å². The summed E-state index contributed by atoms with van der Waals surface area (Å²) in [7, 11) is 0. The molecular weight excluding hydrogens is 280 g/mol. The molecule has 1 unspecified atom stereocenters. The Morgan fingerprint density at radius 1 is 1.14 bits per heavy atom. The van der Waals surface area contributed by atoms with E-state index in [4.69, 9.17) is 4.74 Å². The van der Waals surface area contributed by atoms with Crippen LogP contribution in [0.15, 0.2) is 53.7 Å². The summed E-state index contributed by atoms with van der Waals surface area (Å²) in [5.74, 6) is 0.572. The Labute approximate surface area is 130 Å². The quantitative estimate of drug-likeness (QED) is 0.852. The molecule has 1 atom stereocenters. The molecule has 0 spiro atoms. The van der Waals surface area contributed by atoms with Gasteiger partial charge in [0, 0.05) is 36.4 Å². The molecule has 1 saturated heterocycles. The summed E-state index contributed by atoms with van der Waals surface area (Å²) in [5.41, 5.74) is 2.64. The second-order valence-corrected chi connectivity index (χ2v) is 6.23. The van der Waals surface area contributed by atoms with Crippen LogP contribution in [0.4, 0.5) is 0 Å². The Hall–Kier alpha value is -1.36. The summed E-state index contributed by atoms with van der Waals surface area (Å²) in [6.45, 7) is 2.63. The van der Waals surface area contributed by atoms with Crippen LogP contribution in [-0.4, -0.2) is 18.2 Å². The van der Waals surface area contributed by atoms with Crippen LogP contribution in [0.25, 0.3) is 0 Å². The topological polar surface area (TPSA) is 34.1 Å². The summed E-state index contributed by atoms with van der Waals surface area (Å²) in [4.78, 5) is 5.26.